The summed E-state index contributed by atoms with van der Waals surface area (Å²) >= 11 is 0. The number of hydrogen-bond donors (Lipinski definition) is 2. The van der Waals surface area contributed by atoms with E-state index in [1.54, 1.807) is 0 Å². The van der Waals surface area contributed by atoms with Gasteiger partial charge in [0.25, 0.3) is 0 Å². The highest BCUT2D eigenvalue weighted by atomic mass is 16.4. The lowest BCUT2D eigenvalue weighted by Gasteiger charge is -2.18. The second kappa shape index (κ2) is 6.80. The Morgan fingerprint density at radius 1 is 1.50 bits per heavy atom. The molecule has 0 aromatic carbocycles. The van der Waals surface area contributed by atoms with Crippen molar-refractivity contribution in [1.82, 2.24) is 4.90 Å². The minimum Gasteiger partial charge on any atom is -0.478 e. The van der Waals surface area contributed by atoms with E-state index < -0.39 is 11.9 Å². The van der Waals surface area contributed by atoms with E-state index in [4.69, 9.17) is 15.3 Å². The topological polar surface area (TPSA) is 96.8 Å². The Morgan fingerprint density at radius 2 is 2.22 bits per heavy atom. The first-order valence-corrected chi connectivity index (χ1v) is 5.84. The minimum absolute atomic E-state index is 0.111. The summed E-state index contributed by atoms with van der Waals surface area (Å²) in [6.07, 6.45) is 3.15. The molecule has 6 nitrogen and oxygen atoms in total. The molecule has 0 bridgehead atoms. The molecule has 3 N–H and O–H groups in total. The molecule has 1 heterocycles. The average molecular weight is 254 g/mol. The Bertz CT molecular complexity index is 414. The van der Waals surface area contributed by atoms with E-state index in [9.17, 15) is 9.59 Å². The quantitative estimate of drug-likeness (QED) is 0.723. The fourth-order valence-electron chi connectivity index (χ4n) is 1.61. The number of aromatic carboxylic acids is 1. The predicted molar refractivity (Wildman–Crippen MR) is 65.0 cm³/mol. The van der Waals surface area contributed by atoms with Crippen molar-refractivity contribution in [2.45, 2.75) is 26.3 Å². The lowest BCUT2D eigenvalue weighted by molar-refractivity contribution is -0.119. The van der Waals surface area contributed by atoms with Gasteiger partial charge >= 0.3 is 5.97 Å². The van der Waals surface area contributed by atoms with Crippen LogP contribution in [0.3, 0.4) is 0 Å². The molecule has 0 aliphatic heterocycles. The van der Waals surface area contributed by atoms with Crippen molar-refractivity contribution in [2.24, 2.45) is 5.73 Å². The zero-order valence-electron chi connectivity index (χ0n) is 10.4. The molecular weight excluding hydrogens is 236 g/mol. The highest BCUT2D eigenvalue weighted by molar-refractivity contribution is 5.87. The molecule has 0 spiro atoms. The van der Waals surface area contributed by atoms with Gasteiger partial charge in [0.1, 0.15) is 12.0 Å². The number of rotatable bonds is 8. The summed E-state index contributed by atoms with van der Waals surface area (Å²) in [4.78, 5) is 23.5. The van der Waals surface area contributed by atoms with Crippen molar-refractivity contribution in [1.29, 1.82) is 0 Å². The summed E-state index contributed by atoms with van der Waals surface area (Å²) in [5, 5.41) is 8.77. The number of unbranched alkanes of at least 4 members (excludes halogenated alkanes) is 1. The molecule has 1 aromatic rings. The van der Waals surface area contributed by atoms with Gasteiger partial charge in [0.05, 0.1) is 18.7 Å². The van der Waals surface area contributed by atoms with Gasteiger partial charge < -0.3 is 15.3 Å². The van der Waals surface area contributed by atoms with Crippen molar-refractivity contribution >= 4 is 11.9 Å². The van der Waals surface area contributed by atoms with E-state index in [1.165, 1.54) is 12.3 Å². The van der Waals surface area contributed by atoms with Crippen LogP contribution in [-0.4, -0.2) is 35.0 Å². The average Bonchev–Trinajstić information content (AvgIpc) is 2.73. The van der Waals surface area contributed by atoms with Crippen LogP contribution >= 0.6 is 0 Å². The molecule has 0 fully saturated rings. The molecule has 0 unspecified atom stereocenters. The van der Waals surface area contributed by atoms with Crippen molar-refractivity contribution in [3.05, 3.63) is 23.7 Å². The smallest absolute Gasteiger partial charge is 0.338 e. The number of hydrogen-bond acceptors (Lipinski definition) is 4. The minimum atomic E-state index is -1.03. The molecule has 100 valence electrons. The largest absolute Gasteiger partial charge is 0.478 e. The number of primary amides is 1. The van der Waals surface area contributed by atoms with Gasteiger partial charge in [-0.3, -0.25) is 9.69 Å². The molecule has 18 heavy (non-hydrogen) atoms. The molecular formula is C12H18N2O4. The molecule has 0 aliphatic rings. The number of furan rings is 1. The van der Waals surface area contributed by atoms with Gasteiger partial charge in [0, 0.05) is 0 Å². The Kier molecular flexibility index (Phi) is 5.38. The zero-order chi connectivity index (χ0) is 13.5. The summed E-state index contributed by atoms with van der Waals surface area (Å²) < 4.78 is 5.14. The Morgan fingerprint density at radius 3 is 2.72 bits per heavy atom. The van der Waals surface area contributed by atoms with Gasteiger partial charge in [-0.1, -0.05) is 13.3 Å². The van der Waals surface area contributed by atoms with E-state index >= 15 is 0 Å². The predicted octanol–water partition coefficient (Wildman–Crippen LogP) is 1.07. The number of carboxylic acid groups (broad SMARTS) is 1. The first-order chi connectivity index (χ1) is 8.52. The van der Waals surface area contributed by atoms with E-state index in [1.807, 2.05) is 4.90 Å². The second-order valence-corrected chi connectivity index (χ2v) is 4.14. The molecule has 0 atom stereocenters. The highest BCUT2D eigenvalue weighted by Crippen LogP contribution is 2.11. The summed E-state index contributed by atoms with van der Waals surface area (Å²) in [5.41, 5.74) is 5.28. The number of amides is 1. The number of carbonyl (C=O) groups is 2. The molecule has 1 aromatic heterocycles. The van der Waals surface area contributed by atoms with Gasteiger partial charge in [-0.2, -0.15) is 0 Å². The third kappa shape index (κ3) is 4.58. The van der Waals surface area contributed by atoms with E-state index in [2.05, 4.69) is 6.92 Å². The van der Waals surface area contributed by atoms with Gasteiger partial charge in [-0.15, -0.1) is 0 Å². The molecule has 0 radical (unpaired) electrons. The maximum absolute atomic E-state index is 10.9. The SMILES string of the molecule is CCCCN(CC(N)=O)Cc1cc(C(=O)O)co1. The number of carboxylic acids is 1. The normalized spacial score (nSPS) is 10.8. The molecule has 0 aliphatic carbocycles. The molecule has 1 amide bonds. The third-order valence-corrected chi connectivity index (χ3v) is 2.49. The summed E-state index contributed by atoms with van der Waals surface area (Å²) in [6, 6.07) is 1.46. The van der Waals surface area contributed by atoms with Crippen LogP contribution in [0.1, 0.15) is 35.9 Å². The lowest BCUT2D eigenvalue weighted by atomic mass is 10.2. The first-order valence-electron chi connectivity index (χ1n) is 5.84. The number of nitrogens with two attached hydrogens (primary N) is 1. The molecule has 0 saturated carbocycles. The fraction of sp³-hybridized carbons (Fsp3) is 0.500. The van der Waals surface area contributed by atoms with Crippen molar-refractivity contribution in [3.63, 3.8) is 0 Å². The van der Waals surface area contributed by atoms with Crippen LogP contribution in [0.25, 0.3) is 0 Å². The Labute approximate surface area is 105 Å². The molecule has 6 heteroatoms. The standard InChI is InChI=1S/C12H18N2O4/c1-2-3-4-14(7-11(13)15)6-10-5-9(8-18-10)12(16)17/h5,8H,2-4,6-7H2,1H3,(H2,13,15)(H,16,17). The van der Waals surface area contributed by atoms with Crippen LogP contribution < -0.4 is 5.73 Å². The van der Waals surface area contributed by atoms with Crippen molar-refractivity contribution < 1.29 is 19.1 Å². The van der Waals surface area contributed by atoms with Gasteiger partial charge in [-0.05, 0) is 19.0 Å². The van der Waals surface area contributed by atoms with Crippen LogP contribution in [0.5, 0.6) is 0 Å². The van der Waals surface area contributed by atoms with Gasteiger partial charge in [-0.25, -0.2) is 4.79 Å². The maximum Gasteiger partial charge on any atom is 0.338 e. The van der Waals surface area contributed by atoms with Gasteiger partial charge in [0.15, 0.2) is 0 Å². The highest BCUT2D eigenvalue weighted by Gasteiger charge is 2.13. The lowest BCUT2D eigenvalue weighted by Crippen LogP contribution is -2.34. The van der Waals surface area contributed by atoms with Crippen LogP contribution in [0, 0.1) is 0 Å². The maximum atomic E-state index is 10.9. The molecule has 0 saturated heterocycles. The fourth-order valence-corrected chi connectivity index (χ4v) is 1.61. The second-order valence-electron chi connectivity index (χ2n) is 4.14. The van der Waals surface area contributed by atoms with E-state index in [-0.39, 0.29) is 12.1 Å². The van der Waals surface area contributed by atoms with Crippen molar-refractivity contribution in [2.75, 3.05) is 13.1 Å². The van der Waals surface area contributed by atoms with Gasteiger partial charge in [0.2, 0.25) is 5.91 Å². The van der Waals surface area contributed by atoms with Crippen LogP contribution in [0.15, 0.2) is 16.7 Å². The Hall–Kier alpha value is -1.82. The molecule has 1 rings (SSSR count). The van der Waals surface area contributed by atoms with Crippen molar-refractivity contribution in [3.8, 4) is 0 Å². The summed E-state index contributed by atoms with van der Waals surface area (Å²) in [5.74, 6) is -0.916. The third-order valence-electron chi connectivity index (χ3n) is 2.49. The zero-order valence-corrected chi connectivity index (χ0v) is 10.4. The van der Waals surface area contributed by atoms with Crippen LogP contribution in [-0.2, 0) is 11.3 Å². The first kappa shape index (κ1) is 14.2. The summed E-state index contributed by atoms with van der Waals surface area (Å²) in [7, 11) is 0. The monoisotopic (exact) mass is 254 g/mol. The van der Waals surface area contributed by atoms with E-state index in [0.717, 1.165) is 19.4 Å². The number of carbonyl (C=O) groups excluding carboxylic acids is 1. The Balaban J connectivity index is 2.62. The van der Waals surface area contributed by atoms with Crippen LogP contribution in [0.4, 0.5) is 0 Å². The summed E-state index contributed by atoms with van der Waals surface area (Å²) in [6.45, 7) is 3.31. The van der Waals surface area contributed by atoms with Crippen LogP contribution in [0.2, 0.25) is 0 Å². The number of nitrogens with zero attached hydrogens (tertiary/aromatic N) is 1. The van der Waals surface area contributed by atoms with E-state index in [0.29, 0.717) is 12.3 Å².